The van der Waals surface area contributed by atoms with Crippen LogP contribution in [-0.2, 0) is 11.2 Å². The molecule has 31 heavy (non-hydrogen) atoms. The monoisotopic (exact) mass is 428 g/mol. The molecule has 0 fully saturated rings. The van der Waals surface area contributed by atoms with E-state index in [4.69, 9.17) is 0 Å². The molecule has 4 nitrogen and oxygen atoms in total. The maximum absolute atomic E-state index is 13.2. The van der Waals surface area contributed by atoms with Gasteiger partial charge in [-0.3, -0.25) is 9.59 Å². The Morgan fingerprint density at radius 3 is 2.32 bits per heavy atom. The van der Waals surface area contributed by atoms with Crippen molar-refractivity contribution in [3.63, 3.8) is 0 Å². The van der Waals surface area contributed by atoms with E-state index in [1.807, 2.05) is 66.9 Å². The minimum absolute atomic E-state index is 0.186. The smallest absolute Gasteiger partial charge is 0.262 e. The molecule has 0 saturated carbocycles. The fraction of sp³-hybridized carbons (Fsp3) is 0.154. The molecule has 156 valence electrons. The van der Waals surface area contributed by atoms with Crippen molar-refractivity contribution in [1.29, 1.82) is 0 Å². The fourth-order valence-corrected chi connectivity index (χ4v) is 4.20. The van der Waals surface area contributed by atoms with E-state index in [1.165, 1.54) is 11.3 Å². The number of amides is 2. The van der Waals surface area contributed by atoms with Gasteiger partial charge in [0.1, 0.15) is 6.04 Å². The van der Waals surface area contributed by atoms with Gasteiger partial charge in [-0.1, -0.05) is 72.8 Å². The summed E-state index contributed by atoms with van der Waals surface area (Å²) in [4.78, 5) is 26.4. The van der Waals surface area contributed by atoms with E-state index >= 15 is 0 Å². The topological polar surface area (TPSA) is 58.2 Å². The highest BCUT2D eigenvalue weighted by atomic mass is 32.1. The molecule has 4 rings (SSSR count). The van der Waals surface area contributed by atoms with Crippen molar-refractivity contribution in [2.24, 2.45) is 0 Å². The van der Waals surface area contributed by atoms with Crippen LogP contribution in [0.15, 0.2) is 90.3 Å². The molecule has 0 aliphatic rings. The van der Waals surface area contributed by atoms with E-state index in [2.05, 4.69) is 34.9 Å². The molecule has 0 radical (unpaired) electrons. The van der Waals surface area contributed by atoms with E-state index in [-0.39, 0.29) is 17.9 Å². The largest absolute Gasteiger partial charge is 0.348 e. The molecule has 5 heteroatoms. The molecule has 3 aromatic carbocycles. The van der Waals surface area contributed by atoms with Crippen LogP contribution in [-0.4, -0.2) is 17.9 Å². The van der Waals surface area contributed by atoms with Crippen LogP contribution in [0, 0.1) is 0 Å². The van der Waals surface area contributed by atoms with Crippen LogP contribution in [0.5, 0.6) is 0 Å². The van der Waals surface area contributed by atoms with E-state index in [9.17, 15) is 9.59 Å². The van der Waals surface area contributed by atoms with Crippen LogP contribution in [0.1, 0.15) is 33.8 Å². The zero-order valence-electron chi connectivity index (χ0n) is 17.2. The van der Waals surface area contributed by atoms with Gasteiger partial charge in [-0.15, -0.1) is 11.3 Å². The average Bonchev–Trinajstić information content (AvgIpc) is 3.34. The normalized spacial score (nSPS) is 12.8. The molecule has 1 unspecified atom stereocenters. The van der Waals surface area contributed by atoms with Gasteiger partial charge in [-0.2, -0.15) is 0 Å². The number of thiophene rings is 1. The zero-order chi connectivity index (χ0) is 21.6. The lowest BCUT2D eigenvalue weighted by Crippen LogP contribution is -2.48. The maximum Gasteiger partial charge on any atom is 0.262 e. The molecule has 2 atom stereocenters. The van der Waals surface area contributed by atoms with Gasteiger partial charge in [-0.25, -0.2) is 0 Å². The van der Waals surface area contributed by atoms with E-state index in [1.54, 1.807) is 6.07 Å². The van der Waals surface area contributed by atoms with Crippen molar-refractivity contribution < 1.29 is 9.59 Å². The van der Waals surface area contributed by atoms with E-state index in [0.717, 1.165) is 21.9 Å². The standard InChI is InChI=1S/C26H24N2O2S/c1-18(21-14-13-20-10-5-6-11-22(20)17-21)27-25(29)23(16-19-8-3-2-4-9-19)28-26(30)24-12-7-15-31-24/h2-15,17-18,23H,16H2,1H3,(H,27,29)(H,28,30)/t18?,23-/m0/s1. The summed E-state index contributed by atoms with van der Waals surface area (Å²) >= 11 is 1.36. The van der Waals surface area contributed by atoms with Gasteiger partial charge in [0.15, 0.2) is 0 Å². The highest BCUT2D eigenvalue weighted by Crippen LogP contribution is 2.20. The first kappa shape index (κ1) is 20.8. The number of nitrogens with one attached hydrogen (secondary N) is 2. The Labute approximate surface area is 185 Å². The summed E-state index contributed by atoms with van der Waals surface area (Å²) in [5.74, 6) is -0.432. The summed E-state index contributed by atoms with van der Waals surface area (Å²) in [6.07, 6.45) is 0.425. The first-order chi connectivity index (χ1) is 15.1. The van der Waals surface area contributed by atoms with Crippen molar-refractivity contribution in [3.8, 4) is 0 Å². The van der Waals surface area contributed by atoms with Gasteiger partial charge in [0.25, 0.3) is 5.91 Å². The third-order valence-electron chi connectivity index (χ3n) is 5.28. The van der Waals surface area contributed by atoms with Gasteiger partial charge >= 0.3 is 0 Å². The minimum Gasteiger partial charge on any atom is -0.348 e. The Morgan fingerprint density at radius 1 is 0.839 bits per heavy atom. The van der Waals surface area contributed by atoms with Crippen molar-refractivity contribution in [2.75, 3.05) is 0 Å². The highest BCUT2D eigenvalue weighted by molar-refractivity contribution is 7.12. The van der Waals surface area contributed by atoms with Crippen molar-refractivity contribution in [2.45, 2.75) is 25.4 Å². The summed E-state index contributed by atoms with van der Waals surface area (Å²) in [5.41, 5.74) is 2.02. The number of benzene rings is 3. The summed E-state index contributed by atoms with van der Waals surface area (Å²) in [7, 11) is 0. The number of hydrogen-bond acceptors (Lipinski definition) is 3. The van der Waals surface area contributed by atoms with Crippen LogP contribution in [0.3, 0.4) is 0 Å². The Morgan fingerprint density at radius 2 is 1.58 bits per heavy atom. The molecule has 0 aliphatic heterocycles. The lowest BCUT2D eigenvalue weighted by Gasteiger charge is -2.22. The maximum atomic E-state index is 13.2. The van der Waals surface area contributed by atoms with Crippen molar-refractivity contribution in [1.82, 2.24) is 10.6 Å². The molecular weight excluding hydrogens is 404 g/mol. The second-order valence-electron chi connectivity index (χ2n) is 7.53. The SMILES string of the molecule is CC(NC(=O)[C@H](Cc1ccccc1)NC(=O)c1cccs1)c1ccc2ccccc2c1. The lowest BCUT2D eigenvalue weighted by molar-refractivity contribution is -0.123. The second kappa shape index (κ2) is 9.58. The fourth-order valence-electron chi connectivity index (χ4n) is 3.57. The minimum atomic E-state index is -0.667. The number of carbonyl (C=O) groups excluding carboxylic acids is 2. The van der Waals surface area contributed by atoms with Crippen LogP contribution < -0.4 is 10.6 Å². The molecule has 2 N–H and O–H groups in total. The van der Waals surface area contributed by atoms with Crippen LogP contribution in [0.25, 0.3) is 10.8 Å². The molecule has 0 saturated heterocycles. The molecule has 1 heterocycles. The summed E-state index contributed by atoms with van der Waals surface area (Å²) in [6.45, 7) is 1.96. The molecule has 2 amide bonds. The molecule has 0 spiro atoms. The third-order valence-corrected chi connectivity index (χ3v) is 6.15. The Bertz CT molecular complexity index is 1170. The van der Waals surface area contributed by atoms with Crippen molar-refractivity contribution >= 4 is 33.9 Å². The highest BCUT2D eigenvalue weighted by Gasteiger charge is 2.24. The lowest BCUT2D eigenvalue weighted by atomic mass is 10.0. The van der Waals surface area contributed by atoms with Gasteiger partial charge in [0.05, 0.1) is 10.9 Å². The molecular formula is C26H24N2O2S. The predicted molar refractivity (Wildman–Crippen MR) is 126 cm³/mol. The van der Waals surface area contributed by atoms with E-state index < -0.39 is 6.04 Å². The first-order valence-corrected chi connectivity index (χ1v) is 11.2. The van der Waals surface area contributed by atoms with Crippen LogP contribution in [0.2, 0.25) is 0 Å². The predicted octanol–water partition coefficient (Wildman–Crippen LogP) is 5.12. The Balaban J connectivity index is 1.51. The number of rotatable bonds is 7. The number of hydrogen-bond donors (Lipinski definition) is 2. The summed E-state index contributed by atoms with van der Waals surface area (Å²) in [5, 5.41) is 10.1. The summed E-state index contributed by atoms with van der Waals surface area (Å²) < 4.78 is 0. The van der Waals surface area contributed by atoms with Crippen molar-refractivity contribution in [3.05, 3.63) is 106 Å². The number of carbonyl (C=O) groups is 2. The second-order valence-corrected chi connectivity index (χ2v) is 8.48. The first-order valence-electron chi connectivity index (χ1n) is 10.3. The van der Waals surface area contributed by atoms with Gasteiger partial charge < -0.3 is 10.6 Å². The van der Waals surface area contributed by atoms with Gasteiger partial charge in [-0.05, 0) is 46.3 Å². The summed E-state index contributed by atoms with van der Waals surface area (Å²) in [6, 6.07) is 26.8. The quantitative estimate of drug-likeness (QED) is 0.429. The average molecular weight is 429 g/mol. The Kier molecular flexibility index (Phi) is 6.43. The van der Waals surface area contributed by atoms with Gasteiger partial charge in [0.2, 0.25) is 5.91 Å². The molecule has 0 aliphatic carbocycles. The molecule has 4 aromatic rings. The zero-order valence-corrected chi connectivity index (χ0v) is 18.1. The molecule has 0 bridgehead atoms. The third kappa shape index (κ3) is 5.19. The Hall–Kier alpha value is -3.44. The number of fused-ring (bicyclic) bond motifs is 1. The van der Waals surface area contributed by atoms with E-state index in [0.29, 0.717) is 11.3 Å². The van der Waals surface area contributed by atoms with Gasteiger partial charge in [0, 0.05) is 6.42 Å². The molecule has 1 aromatic heterocycles. The van der Waals surface area contributed by atoms with Crippen LogP contribution in [0.4, 0.5) is 0 Å². The van der Waals surface area contributed by atoms with Crippen LogP contribution >= 0.6 is 11.3 Å².